The predicted molar refractivity (Wildman–Crippen MR) is 52.0 cm³/mol. The van der Waals surface area contributed by atoms with Gasteiger partial charge in [0, 0.05) is 19.2 Å². The molecule has 3 nitrogen and oxygen atoms in total. The molecule has 68 valence electrons. The number of hydrogen-bond acceptors (Lipinski definition) is 2. The summed E-state index contributed by atoms with van der Waals surface area (Å²) in [5.41, 5.74) is 0. The van der Waals surface area contributed by atoms with Gasteiger partial charge in [-0.15, -0.1) is 0 Å². The molecule has 0 unspecified atom stereocenters. The lowest BCUT2D eigenvalue weighted by atomic mass is 10.4. The van der Waals surface area contributed by atoms with Crippen molar-refractivity contribution in [2.45, 2.75) is 0 Å². The number of carbonyl (C=O) groups excluding carboxylic acids is 1. The summed E-state index contributed by atoms with van der Waals surface area (Å²) in [7, 11) is 0. The number of furan rings is 1. The summed E-state index contributed by atoms with van der Waals surface area (Å²) in [4.78, 5) is 12.9. The van der Waals surface area contributed by atoms with Crippen LogP contribution in [0.5, 0.6) is 0 Å². The van der Waals surface area contributed by atoms with Crippen LogP contribution in [-0.2, 0) is 4.79 Å². The van der Waals surface area contributed by atoms with Gasteiger partial charge < -0.3 is 9.32 Å². The van der Waals surface area contributed by atoms with Gasteiger partial charge in [0.15, 0.2) is 4.67 Å². The first-order chi connectivity index (χ1) is 6.25. The molecule has 4 heteroatoms. The summed E-state index contributed by atoms with van der Waals surface area (Å²) in [5, 5.41) is 0. The van der Waals surface area contributed by atoms with Crippen LogP contribution in [-0.4, -0.2) is 23.9 Å². The van der Waals surface area contributed by atoms with Gasteiger partial charge in [0.05, 0.1) is 0 Å². The average Bonchev–Trinajstić information content (AvgIpc) is 2.87. The van der Waals surface area contributed by atoms with Gasteiger partial charge in [-0.3, -0.25) is 4.79 Å². The molecule has 1 amide bonds. The second-order valence-corrected chi connectivity index (χ2v) is 3.58. The van der Waals surface area contributed by atoms with Gasteiger partial charge in [-0.1, -0.05) is 0 Å². The van der Waals surface area contributed by atoms with Crippen molar-refractivity contribution in [1.82, 2.24) is 4.90 Å². The van der Waals surface area contributed by atoms with Crippen molar-refractivity contribution >= 4 is 27.9 Å². The van der Waals surface area contributed by atoms with Crippen molar-refractivity contribution in [1.29, 1.82) is 0 Å². The maximum absolute atomic E-state index is 11.2. The van der Waals surface area contributed by atoms with Crippen molar-refractivity contribution in [2.24, 2.45) is 0 Å². The highest BCUT2D eigenvalue weighted by Gasteiger charge is 2.21. The molecule has 0 aliphatic carbocycles. The fourth-order valence-corrected chi connectivity index (χ4v) is 1.27. The summed E-state index contributed by atoms with van der Waals surface area (Å²) >= 11 is 3.18. The number of hydrogen-bond donors (Lipinski definition) is 0. The number of halogens is 1. The number of carbonyl (C=O) groups is 1. The molecular formula is C9H8BrNO2. The Kier molecular flexibility index (Phi) is 2.22. The molecule has 1 aliphatic rings. The molecule has 0 spiro atoms. The van der Waals surface area contributed by atoms with E-state index in [2.05, 4.69) is 15.9 Å². The highest BCUT2D eigenvalue weighted by Crippen LogP contribution is 2.15. The van der Waals surface area contributed by atoms with Gasteiger partial charge in [0.25, 0.3) is 0 Å². The van der Waals surface area contributed by atoms with E-state index < -0.39 is 0 Å². The van der Waals surface area contributed by atoms with E-state index >= 15 is 0 Å². The normalized spacial score (nSPS) is 15.3. The topological polar surface area (TPSA) is 33.2 Å². The van der Waals surface area contributed by atoms with Crippen LogP contribution in [0, 0.1) is 0 Å². The summed E-state index contributed by atoms with van der Waals surface area (Å²) in [6, 6.07) is 3.59. The zero-order valence-electron chi connectivity index (χ0n) is 6.87. The lowest BCUT2D eigenvalue weighted by Crippen LogP contribution is -2.05. The molecule has 0 atom stereocenters. The van der Waals surface area contributed by atoms with Gasteiger partial charge in [0.1, 0.15) is 5.76 Å². The smallest absolute Gasteiger partial charge is 0.246 e. The second kappa shape index (κ2) is 3.38. The lowest BCUT2D eigenvalue weighted by molar-refractivity contribution is -0.120. The number of nitrogens with zero attached hydrogens (tertiary/aromatic N) is 1. The minimum absolute atomic E-state index is 0.0486. The summed E-state index contributed by atoms with van der Waals surface area (Å²) < 4.78 is 5.87. The van der Waals surface area contributed by atoms with Crippen molar-refractivity contribution in [2.75, 3.05) is 13.1 Å². The van der Waals surface area contributed by atoms with Gasteiger partial charge in [-0.25, -0.2) is 0 Å². The minimum Gasteiger partial charge on any atom is -0.450 e. The Morgan fingerprint density at radius 1 is 1.54 bits per heavy atom. The third-order valence-electron chi connectivity index (χ3n) is 1.74. The molecule has 13 heavy (non-hydrogen) atoms. The fourth-order valence-electron chi connectivity index (χ4n) is 0.947. The maximum atomic E-state index is 11.2. The Hall–Kier alpha value is -1.03. The van der Waals surface area contributed by atoms with Crippen molar-refractivity contribution in [3.8, 4) is 0 Å². The lowest BCUT2D eigenvalue weighted by Gasteiger charge is -1.91. The van der Waals surface area contributed by atoms with Gasteiger partial charge >= 0.3 is 0 Å². The minimum atomic E-state index is 0.0486. The molecule has 2 heterocycles. The van der Waals surface area contributed by atoms with E-state index in [1.165, 1.54) is 6.08 Å². The fraction of sp³-hybridized carbons (Fsp3) is 0.222. The van der Waals surface area contributed by atoms with Gasteiger partial charge in [0.2, 0.25) is 5.91 Å². The van der Waals surface area contributed by atoms with Gasteiger partial charge in [-0.05, 0) is 34.1 Å². The molecule has 1 aliphatic heterocycles. The zero-order valence-corrected chi connectivity index (χ0v) is 8.45. The number of amides is 1. The molecule has 0 aromatic carbocycles. The summed E-state index contributed by atoms with van der Waals surface area (Å²) in [6.07, 6.45) is 3.20. The van der Waals surface area contributed by atoms with Crippen LogP contribution in [0.25, 0.3) is 6.08 Å². The van der Waals surface area contributed by atoms with Crippen molar-refractivity contribution in [3.05, 3.63) is 28.6 Å². The zero-order chi connectivity index (χ0) is 9.26. The molecular weight excluding hydrogens is 234 g/mol. The Labute approximate surface area is 84.1 Å². The quantitative estimate of drug-likeness (QED) is 0.586. The first-order valence-electron chi connectivity index (χ1n) is 3.98. The van der Waals surface area contributed by atoms with Crippen LogP contribution in [0.3, 0.4) is 0 Å². The van der Waals surface area contributed by atoms with Crippen molar-refractivity contribution < 1.29 is 9.21 Å². The average molecular weight is 242 g/mol. The SMILES string of the molecule is O=C(/C=C/c1ccc(Br)o1)N1CC1. The van der Waals surface area contributed by atoms with Crippen LogP contribution in [0.4, 0.5) is 0 Å². The Balaban J connectivity index is 2.00. The summed E-state index contributed by atoms with van der Waals surface area (Å²) in [6.45, 7) is 1.76. The highest BCUT2D eigenvalue weighted by molar-refractivity contribution is 9.10. The molecule has 0 bridgehead atoms. The van der Waals surface area contributed by atoms with E-state index in [0.29, 0.717) is 10.4 Å². The Bertz CT molecular complexity index is 352. The monoisotopic (exact) mass is 241 g/mol. The van der Waals surface area contributed by atoms with Crippen LogP contribution < -0.4 is 0 Å². The van der Waals surface area contributed by atoms with E-state index in [0.717, 1.165) is 13.1 Å². The second-order valence-electron chi connectivity index (χ2n) is 2.80. The van der Waals surface area contributed by atoms with E-state index in [9.17, 15) is 4.79 Å². The van der Waals surface area contributed by atoms with Crippen LogP contribution >= 0.6 is 15.9 Å². The molecule has 0 radical (unpaired) electrons. The largest absolute Gasteiger partial charge is 0.450 e. The van der Waals surface area contributed by atoms with Crippen molar-refractivity contribution in [3.63, 3.8) is 0 Å². The van der Waals surface area contributed by atoms with Crippen LogP contribution in [0.2, 0.25) is 0 Å². The Morgan fingerprint density at radius 3 is 2.85 bits per heavy atom. The Morgan fingerprint density at radius 2 is 2.31 bits per heavy atom. The predicted octanol–water partition coefficient (Wildman–Crippen LogP) is 1.90. The van der Waals surface area contributed by atoms with E-state index in [1.54, 1.807) is 23.1 Å². The van der Waals surface area contributed by atoms with Crippen LogP contribution in [0.15, 0.2) is 27.3 Å². The molecule has 1 saturated heterocycles. The third-order valence-corrected chi connectivity index (χ3v) is 2.17. The van der Waals surface area contributed by atoms with E-state index in [1.807, 2.05) is 0 Å². The first kappa shape index (κ1) is 8.56. The molecule has 1 fully saturated rings. The van der Waals surface area contributed by atoms with Gasteiger partial charge in [-0.2, -0.15) is 0 Å². The van der Waals surface area contributed by atoms with E-state index in [4.69, 9.17) is 4.42 Å². The summed E-state index contributed by atoms with van der Waals surface area (Å²) in [5.74, 6) is 0.731. The molecule has 0 N–H and O–H groups in total. The maximum Gasteiger partial charge on any atom is 0.246 e. The first-order valence-corrected chi connectivity index (χ1v) is 4.77. The molecule has 0 saturated carbocycles. The highest BCUT2D eigenvalue weighted by atomic mass is 79.9. The van der Waals surface area contributed by atoms with Crippen LogP contribution in [0.1, 0.15) is 5.76 Å². The number of rotatable bonds is 2. The molecule has 1 aromatic heterocycles. The molecule has 2 rings (SSSR count). The molecule has 1 aromatic rings. The third kappa shape index (κ3) is 2.21. The standard InChI is InChI=1S/C9H8BrNO2/c10-8-3-1-7(13-8)2-4-9(12)11-5-6-11/h1-4H,5-6H2/b4-2+. The van der Waals surface area contributed by atoms with E-state index in [-0.39, 0.29) is 5.91 Å².